The summed E-state index contributed by atoms with van der Waals surface area (Å²) in [5.41, 5.74) is 6.21. The molecule has 0 fully saturated rings. The van der Waals surface area contributed by atoms with Crippen LogP contribution in [0.15, 0.2) is 12.3 Å². The van der Waals surface area contributed by atoms with Crippen molar-refractivity contribution < 1.29 is 4.74 Å². The van der Waals surface area contributed by atoms with E-state index in [4.69, 9.17) is 22.1 Å². The number of hydrogen-bond donors (Lipinski definition) is 1. The smallest absolute Gasteiger partial charge is 0.153 e. The van der Waals surface area contributed by atoms with Gasteiger partial charge in [0.05, 0.1) is 28.7 Å². The summed E-state index contributed by atoms with van der Waals surface area (Å²) in [6.45, 7) is 0. The number of anilines is 1. The molecule has 0 unspecified atom stereocenters. The van der Waals surface area contributed by atoms with Gasteiger partial charge in [-0.3, -0.25) is 0 Å². The van der Waals surface area contributed by atoms with Gasteiger partial charge in [-0.2, -0.15) is 0 Å². The standard InChI is InChI=1S/C8H7ClN2OS/c1-12-7-4-2-6(9)13-8(4)11-3-5(7)10/h2-3H,10H2,1H3. The van der Waals surface area contributed by atoms with E-state index in [0.29, 0.717) is 15.8 Å². The van der Waals surface area contributed by atoms with Crippen molar-refractivity contribution in [1.29, 1.82) is 0 Å². The van der Waals surface area contributed by atoms with Gasteiger partial charge in [0.15, 0.2) is 5.75 Å². The Bertz CT molecular complexity index is 455. The maximum absolute atomic E-state index is 5.85. The topological polar surface area (TPSA) is 48.1 Å². The zero-order valence-electron chi connectivity index (χ0n) is 6.87. The average molecular weight is 215 g/mol. The minimum absolute atomic E-state index is 0.532. The van der Waals surface area contributed by atoms with Gasteiger partial charge in [0.2, 0.25) is 0 Å². The van der Waals surface area contributed by atoms with Crippen LogP contribution in [-0.2, 0) is 0 Å². The summed E-state index contributed by atoms with van der Waals surface area (Å²) in [7, 11) is 1.58. The number of pyridine rings is 1. The van der Waals surface area contributed by atoms with E-state index >= 15 is 0 Å². The molecule has 0 atom stereocenters. The maximum atomic E-state index is 5.85. The molecule has 0 amide bonds. The van der Waals surface area contributed by atoms with Crippen LogP contribution in [0.25, 0.3) is 10.2 Å². The molecule has 0 bridgehead atoms. The van der Waals surface area contributed by atoms with E-state index < -0.39 is 0 Å². The Balaban J connectivity index is 2.82. The number of methoxy groups -OCH3 is 1. The summed E-state index contributed by atoms with van der Waals surface area (Å²) < 4.78 is 5.84. The largest absolute Gasteiger partial charge is 0.494 e. The van der Waals surface area contributed by atoms with Gasteiger partial charge in [-0.1, -0.05) is 11.6 Å². The lowest BCUT2D eigenvalue weighted by molar-refractivity contribution is 0.421. The summed E-state index contributed by atoms with van der Waals surface area (Å²) >= 11 is 7.26. The van der Waals surface area contributed by atoms with Crippen LogP contribution in [0, 0.1) is 0 Å². The van der Waals surface area contributed by atoms with E-state index in [0.717, 1.165) is 10.2 Å². The van der Waals surface area contributed by atoms with Gasteiger partial charge in [0, 0.05) is 0 Å². The molecule has 2 N–H and O–H groups in total. The van der Waals surface area contributed by atoms with Crippen molar-refractivity contribution in [3.63, 3.8) is 0 Å². The minimum Gasteiger partial charge on any atom is -0.494 e. The van der Waals surface area contributed by atoms with E-state index in [1.54, 1.807) is 13.3 Å². The van der Waals surface area contributed by atoms with Gasteiger partial charge in [-0.25, -0.2) is 4.98 Å². The Morgan fingerprint density at radius 2 is 2.38 bits per heavy atom. The number of hydrogen-bond acceptors (Lipinski definition) is 4. The van der Waals surface area contributed by atoms with Gasteiger partial charge < -0.3 is 10.5 Å². The monoisotopic (exact) mass is 214 g/mol. The van der Waals surface area contributed by atoms with Crippen molar-refractivity contribution in [2.45, 2.75) is 0 Å². The highest BCUT2D eigenvalue weighted by Crippen LogP contribution is 2.36. The Morgan fingerprint density at radius 1 is 1.62 bits per heavy atom. The minimum atomic E-state index is 0.532. The number of nitrogens with zero attached hydrogens (tertiary/aromatic N) is 1. The first-order valence-electron chi connectivity index (χ1n) is 3.60. The third-order valence-electron chi connectivity index (χ3n) is 1.71. The molecule has 0 saturated heterocycles. The lowest BCUT2D eigenvalue weighted by Crippen LogP contribution is -1.93. The molecule has 13 heavy (non-hydrogen) atoms. The highest BCUT2D eigenvalue weighted by molar-refractivity contribution is 7.22. The quantitative estimate of drug-likeness (QED) is 0.794. The van der Waals surface area contributed by atoms with E-state index in [1.165, 1.54) is 11.3 Å². The SMILES string of the molecule is COc1c(N)cnc2sc(Cl)cc12. The van der Waals surface area contributed by atoms with Crippen molar-refractivity contribution in [1.82, 2.24) is 4.98 Å². The van der Waals surface area contributed by atoms with E-state index in [1.807, 2.05) is 6.07 Å². The number of fused-ring (bicyclic) bond motifs is 1. The normalized spacial score (nSPS) is 10.6. The molecule has 0 aliphatic carbocycles. The molecule has 0 aliphatic heterocycles. The number of nitrogens with two attached hydrogens (primary N) is 1. The zero-order chi connectivity index (χ0) is 9.42. The Hall–Kier alpha value is -1.00. The molecule has 0 aromatic carbocycles. The lowest BCUT2D eigenvalue weighted by Gasteiger charge is -2.03. The predicted octanol–water partition coefficient (Wildman–Crippen LogP) is 2.54. The molecule has 0 radical (unpaired) electrons. The van der Waals surface area contributed by atoms with Crippen molar-refractivity contribution in [3.05, 3.63) is 16.6 Å². The van der Waals surface area contributed by atoms with Gasteiger partial charge in [0.25, 0.3) is 0 Å². The first-order valence-corrected chi connectivity index (χ1v) is 4.79. The molecule has 0 saturated carbocycles. The van der Waals surface area contributed by atoms with E-state index in [9.17, 15) is 0 Å². The van der Waals surface area contributed by atoms with Crippen molar-refractivity contribution in [2.24, 2.45) is 0 Å². The first kappa shape index (κ1) is 8.59. The second-order valence-corrected chi connectivity index (χ2v) is 4.18. The number of halogens is 1. The van der Waals surface area contributed by atoms with Crippen LogP contribution in [0.4, 0.5) is 5.69 Å². The second kappa shape index (κ2) is 3.05. The molecule has 68 valence electrons. The highest BCUT2D eigenvalue weighted by atomic mass is 35.5. The Kier molecular flexibility index (Phi) is 2.01. The predicted molar refractivity (Wildman–Crippen MR) is 55.6 cm³/mol. The Morgan fingerprint density at radius 3 is 3.08 bits per heavy atom. The summed E-state index contributed by atoms with van der Waals surface area (Å²) in [5, 5.41) is 0.873. The van der Waals surface area contributed by atoms with Crippen molar-refractivity contribution in [3.8, 4) is 5.75 Å². The molecule has 5 heteroatoms. The summed E-state index contributed by atoms with van der Waals surface area (Å²) in [5.74, 6) is 0.646. The van der Waals surface area contributed by atoms with Crippen LogP contribution >= 0.6 is 22.9 Å². The summed E-state index contributed by atoms with van der Waals surface area (Å²) in [4.78, 5) is 4.98. The van der Waals surface area contributed by atoms with Gasteiger partial charge >= 0.3 is 0 Å². The molecule has 0 aliphatic rings. The molecular weight excluding hydrogens is 208 g/mol. The van der Waals surface area contributed by atoms with Crippen LogP contribution in [0.5, 0.6) is 5.75 Å². The first-order chi connectivity index (χ1) is 6.22. The lowest BCUT2D eigenvalue weighted by atomic mass is 10.3. The second-order valence-electron chi connectivity index (χ2n) is 2.52. The maximum Gasteiger partial charge on any atom is 0.153 e. The number of nitrogen functional groups attached to an aromatic ring is 1. The fourth-order valence-corrected chi connectivity index (χ4v) is 2.24. The zero-order valence-corrected chi connectivity index (χ0v) is 8.45. The average Bonchev–Trinajstić information content (AvgIpc) is 2.45. The molecule has 2 aromatic rings. The van der Waals surface area contributed by atoms with Gasteiger partial charge in [0.1, 0.15) is 4.83 Å². The van der Waals surface area contributed by atoms with Crippen molar-refractivity contribution in [2.75, 3.05) is 12.8 Å². The molecule has 2 aromatic heterocycles. The third-order valence-corrected chi connectivity index (χ3v) is 2.89. The third kappa shape index (κ3) is 1.32. The number of thiophene rings is 1. The molecule has 2 rings (SSSR count). The molecule has 3 nitrogen and oxygen atoms in total. The molecule has 2 heterocycles. The van der Waals surface area contributed by atoms with E-state index in [2.05, 4.69) is 4.98 Å². The molecular formula is C8H7ClN2OS. The Labute approximate surface area is 84.1 Å². The summed E-state index contributed by atoms with van der Waals surface area (Å²) in [6.07, 6.45) is 1.58. The van der Waals surface area contributed by atoms with Crippen LogP contribution in [0.2, 0.25) is 4.34 Å². The van der Waals surface area contributed by atoms with Crippen LogP contribution < -0.4 is 10.5 Å². The van der Waals surface area contributed by atoms with Crippen molar-refractivity contribution >= 4 is 38.8 Å². The molecule has 0 spiro atoms. The fourth-order valence-electron chi connectivity index (χ4n) is 1.18. The number of rotatable bonds is 1. The fraction of sp³-hybridized carbons (Fsp3) is 0.125. The van der Waals surface area contributed by atoms with Crippen LogP contribution in [0.3, 0.4) is 0 Å². The van der Waals surface area contributed by atoms with Gasteiger partial charge in [-0.05, 0) is 6.07 Å². The van der Waals surface area contributed by atoms with Crippen LogP contribution in [-0.4, -0.2) is 12.1 Å². The highest BCUT2D eigenvalue weighted by Gasteiger charge is 2.09. The summed E-state index contributed by atoms with van der Waals surface area (Å²) in [6, 6.07) is 1.81. The number of aromatic nitrogens is 1. The van der Waals surface area contributed by atoms with Gasteiger partial charge in [-0.15, -0.1) is 11.3 Å². The van der Waals surface area contributed by atoms with Crippen LogP contribution in [0.1, 0.15) is 0 Å². The number of ether oxygens (including phenoxy) is 1. The van der Waals surface area contributed by atoms with E-state index in [-0.39, 0.29) is 0 Å².